The first-order valence-electron chi connectivity index (χ1n) is 9.67. The SMILES string of the molecule is O=C(O[C@H](C(=O)O)[C@@H](OC(=O)c1ccccc1)C(=O)Nc1ccccc1F)c1ccccc1. The summed E-state index contributed by atoms with van der Waals surface area (Å²) in [5, 5.41) is 11.8. The second-order valence-corrected chi connectivity index (χ2v) is 6.69. The van der Waals surface area contributed by atoms with E-state index in [1.807, 2.05) is 0 Å². The predicted octanol–water partition coefficient (Wildman–Crippen LogP) is 3.30. The molecular weight excluding hydrogens is 433 g/mol. The summed E-state index contributed by atoms with van der Waals surface area (Å²) in [4.78, 5) is 49.8. The minimum absolute atomic E-state index is 0.0198. The number of hydrogen-bond donors (Lipinski definition) is 2. The van der Waals surface area contributed by atoms with E-state index in [-0.39, 0.29) is 16.8 Å². The van der Waals surface area contributed by atoms with E-state index in [1.54, 1.807) is 12.1 Å². The molecule has 2 atom stereocenters. The molecule has 0 bridgehead atoms. The van der Waals surface area contributed by atoms with E-state index in [2.05, 4.69) is 5.32 Å². The van der Waals surface area contributed by atoms with Gasteiger partial charge in [0.2, 0.25) is 12.2 Å². The van der Waals surface area contributed by atoms with Crippen molar-refractivity contribution in [3.05, 3.63) is 102 Å². The van der Waals surface area contributed by atoms with Crippen LogP contribution in [0.25, 0.3) is 0 Å². The lowest BCUT2D eigenvalue weighted by Crippen LogP contribution is -2.48. The average molecular weight is 451 g/mol. The minimum atomic E-state index is -2.21. The summed E-state index contributed by atoms with van der Waals surface area (Å²) in [6, 6.07) is 20.1. The van der Waals surface area contributed by atoms with E-state index in [4.69, 9.17) is 9.47 Å². The van der Waals surface area contributed by atoms with E-state index in [1.165, 1.54) is 66.7 Å². The second-order valence-electron chi connectivity index (χ2n) is 6.69. The van der Waals surface area contributed by atoms with E-state index in [9.17, 15) is 28.7 Å². The molecule has 3 aromatic rings. The third-order valence-electron chi connectivity index (χ3n) is 4.40. The number of carbonyl (C=O) groups is 4. The van der Waals surface area contributed by atoms with Gasteiger partial charge in [0.25, 0.3) is 5.91 Å². The van der Waals surface area contributed by atoms with Gasteiger partial charge in [-0.3, -0.25) is 4.79 Å². The van der Waals surface area contributed by atoms with Gasteiger partial charge in [-0.2, -0.15) is 0 Å². The van der Waals surface area contributed by atoms with Crippen LogP contribution < -0.4 is 5.32 Å². The number of rotatable bonds is 8. The Bertz CT molecular complexity index is 1150. The van der Waals surface area contributed by atoms with Crippen molar-refractivity contribution in [3.63, 3.8) is 0 Å². The number of hydrogen-bond acceptors (Lipinski definition) is 6. The molecule has 0 radical (unpaired) electrons. The molecule has 168 valence electrons. The minimum Gasteiger partial charge on any atom is -0.478 e. The van der Waals surface area contributed by atoms with Crippen LogP contribution in [-0.2, 0) is 19.1 Å². The lowest BCUT2D eigenvalue weighted by Gasteiger charge is -2.23. The molecule has 8 nitrogen and oxygen atoms in total. The highest BCUT2D eigenvalue weighted by Gasteiger charge is 2.41. The molecule has 1 amide bonds. The molecule has 0 spiro atoms. The van der Waals surface area contributed by atoms with Gasteiger partial charge in [-0.05, 0) is 36.4 Å². The Morgan fingerprint density at radius 2 is 1.15 bits per heavy atom. The lowest BCUT2D eigenvalue weighted by molar-refractivity contribution is -0.157. The van der Waals surface area contributed by atoms with Crippen LogP contribution >= 0.6 is 0 Å². The fraction of sp³-hybridized carbons (Fsp3) is 0.0833. The molecule has 3 aromatic carbocycles. The molecule has 3 rings (SSSR count). The molecule has 0 aliphatic carbocycles. The summed E-state index contributed by atoms with van der Waals surface area (Å²) < 4.78 is 24.2. The van der Waals surface area contributed by atoms with Gasteiger partial charge in [0.1, 0.15) is 5.82 Å². The Morgan fingerprint density at radius 1 is 0.697 bits per heavy atom. The standard InChI is InChI=1S/C24H18FNO7/c25-17-13-7-8-14-18(17)26-21(27)19(32-23(30)15-9-3-1-4-10-15)20(22(28)29)33-24(31)16-11-5-2-6-12-16/h1-14,19-20H,(H,26,27)(H,28,29)/t19-,20+/m1/s1. The van der Waals surface area contributed by atoms with Crippen LogP contribution in [0.15, 0.2) is 84.9 Å². The Balaban J connectivity index is 1.91. The number of esters is 2. The van der Waals surface area contributed by atoms with Crippen LogP contribution in [-0.4, -0.2) is 41.1 Å². The third kappa shape index (κ3) is 6.01. The number of aliphatic carboxylic acids is 1. The monoisotopic (exact) mass is 451 g/mol. The van der Waals surface area contributed by atoms with Gasteiger partial charge in [-0.1, -0.05) is 48.5 Å². The van der Waals surface area contributed by atoms with Gasteiger partial charge in [-0.25, -0.2) is 18.8 Å². The molecule has 0 aromatic heterocycles. The van der Waals surface area contributed by atoms with Gasteiger partial charge in [-0.15, -0.1) is 0 Å². The predicted molar refractivity (Wildman–Crippen MR) is 114 cm³/mol. The number of anilines is 1. The maximum absolute atomic E-state index is 14.0. The van der Waals surface area contributed by atoms with Gasteiger partial charge >= 0.3 is 17.9 Å². The quantitative estimate of drug-likeness (QED) is 0.505. The summed E-state index contributed by atoms with van der Waals surface area (Å²) in [6.45, 7) is 0. The van der Waals surface area contributed by atoms with Gasteiger partial charge < -0.3 is 19.9 Å². The van der Waals surface area contributed by atoms with Crippen LogP contribution in [0.4, 0.5) is 10.1 Å². The highest BCUT2D eigenvalue weighted by Crippen LogP contribution is 2.17. The first-order chi connectivity index (χ1) is 15.9. The van der Waals surface area contributed by atoms with Crippen LogP contribution in [0, 0.1) is 5.82 Å². The highest BCUT2D eigenvalue weighted by molar-refractivity contribution is 6.01. The lowest BCUT2D eigenvalue weighted by atomic mass is 10.1. The normalized spacial score (nSPS) is 12.2. The van der Waals surface area contributed by atoms with Crippen LogP contribution in [0.1, 0.15) is 20.7 Å². The zero-order valence-electron chi connectivity index (χ0n) is 17.0. The topological polar surface area (TPSA) is 119 Å². The number of amides is 1. The number of carboxylic acids is 1. The highest BCUT2D eigenvalue weighted by atomic mass is 19.1. The average Bonchev–Trinajstić information content (AvgIpc) is 2.83. The van der Waals surface area contributed by atoms with Crippen molar-refractivity contribution in [2.24, 2.45) is 0 Å². The molecule has 0 heterocycles. The first kappa shape index (κ1) is 23.1. The summed E-state index contributed by atoms with van der Waals surface area (Å²) in [7, 11) is 0. The molecule has 0 aliphatic rings. The molecule has 9 heteroatoms. The van der Waals surface area contributed by atoms with Gasteiger partial charge in [0.15, 0.2) is 0 Å². The van der Waals surface area contributed by atoms with Crippen LogP contribution in [0.5, 0.6) is 0 Å². The first-order valence-corrected chi connectivity index (χ1v) is 9.67. The second kappa shape index (κ2) is 10.7. The number of nitrogens with one attached hydrogen (secondary N) is 1. The smallest absolute Gasteiger partial charge is 0.349 e. The van der Waals surface area contributed by atoms with Crippen molar-refractivity contribution in [3.8, 4) is 0 Å². The van der Waals surface area contributed by atoms with E-state index < -0.39 is 41.8 Å². The molecule has 0 aliphatic heterocycles. The zero-order chi connectivity index (χ0) is 23.8. The summed E-state index contributed by atoms with van der Waals surface area (Å²) in [5.41, 5.74) is -0.229. The molecule has 2 N–H and O–H groups in total. The van der Waals surface area contributed by atoms with Crippen molar-refractivity contribution in [2.75, 3.05) is 5.32 Å². The molecular formula is C24H18FNO7. The molecule has 0 saturated carbocycles. The Hall–Kier alpha value is -4.53. The number of carbonyl (C=O) groups excluding carboxylic acids is 3. The molecule has 0 unspecified atom stereocenters. The number of benzene rings is 3. The molecule has 0 saturated heterocycles. The van der Waals surface area contributed by atoms with E-state index in [0.717, 1.165) is 6.07 Å². The number of carboxylic acid groups (broad SMARTS) is 1. The summed E-state index contributed by atoms with van der Waals surface area (Å²) in [5.74, 6) is -5.83. The maximum atomic E-state index is 14.0. The van der Waals surface area contributed by atoms with Crippen molar-refractivity contribution in [1.29, 1.82) is 0 Å². The van der Waals surface area contributed by atoms with Crippen molar-refractivity contribution < 1.29 is 38.1 Å². The number of ether oxygens (including phenoxy) is 2. The molecule has 33 heavy (non-hydrogen) atoms. The summed E-state index contributed by atoms with van der Waals surface area (Å²) >= 11 is 0. The number of halogens is 1. The third-order valence-corrected chi connectivity index (χ3v) is 4.40. The van der Waals surface area contributed by atoms with E-state index in [0.29, 0.717) is 0 Å². The summed E-state index contributed by atoms with van der Waals surface area (Å²) in [6.07, 6.45) is -4.33. The van der Waals surface area contributed by atoms with Gasteiger partial charge in [0.05, 0.1) is 16.8 Å². The van der Waals surface area contributed by atoms with Crippen LogP contribution in [0.3, 0.4) is 0 Å². The van der Waals surface area contributed by atoms with Crippen molar-refractivity contribution >= 4 is 29.5 Å². The van der Waals surface area contributed by atoms with Crippen molar-refractivity contribution in [1.82, 2.24) is 0 Å². The van der Waals surface area contributed by atoms with Gasteiger partial charge in [0, 0.05) is 0 Å². The Labute approximate surface area is 187 Å². The zero-order valence-corrected chi connectivity index (χ0v) is 17.0. The Kier molecular flexibility index (Phi) is 7.48. The van der Waals surface area contributed by atoms with E-state index >= 15 is 0 Å². The maximum Gasteiger partial charge on any atom is 0.349 e. The fourth-order valence-corrected chi connectivity index (χ4v) is 2.78. The number of para-hydroxylation sites is 1. The largest absolute Gasteiger partial charge is 0.478 e. The van der Waals surface area contributed by atoms with Crippen LogP contribution in [0.2, 0.25) is 0 Å². The fourth-order valence-electron chi connectivity index (χ4n) is 2.78. The Morgan fingerprint density at radius 3 is 1.64 bits per heavy atom. The van der Waals surface area contributed by atoms with Crippen molar-refractivity contribution in [2.45, 2.75) is 12.2 Å². The molecule has 0 fully saturated rings.